The number of carbonyl (C=O) groups is 2. The van der Waals surface area contributed by atoms with Crippen molar-refractivity contribution in [2.45, 2.75) is 26.8 Å². The Labute approximate surface area is 174 Å². The van der Waals surface area contributed by atoms with Crippen LogP contribution in [0, 0.1) is 0 Å². The quantitative estimate of drug-likeness (QED) is 0.577. The molecular weight excluding hydrogens is 390 g/mol. The van der Waals surface area contributed by atoms with Crippen molar-refractivity contribution in [2.75, 3.05) is 11.9 Å². The van der Waals surface area contributed by atoms with Gasteiger partial charge >= 0.3 is 5.97 Å². The molecule has 1 amide bonds. The fourth-order valence-corrected chi connectivity index (χ4v) is 3.11. The van der Waals surface area contributed by atoms with E-state index in [1.807, 2.05) is 37.3 Å². The summed E-state index contributed by atoms with van der Waals surface area (Å²) in [5.74, 6) is -0.0271. The van der Waals surface area contributed by atoms with Gasteiger partial charge in [-0.3, -0.25) is 4.79 Å². The van der Waals surface area contributed by atoms with Crippen molar-refractivity contribution in [1.29, 1.82) is 0 Å². The molecule has 150 valence electrons. The smallest absolute Gasteiger partial charge is 0.358 e. The van der Waals surface area contributed by atoms with E-state index in [1.165, 1.54) is 0 Å². The number of halogens is 1. The molecule has 0 spiro atoms. The van der Waals surface area contributed by atoms with Gasteiger partial charge in [0.2, 0.25) is 0 Å². The Morgan fingerprint density at radius 2 is 1.76 bits per heavy atom. The molecule has 1 heterocycles. The molecule has 0 radical (unpaired) electrons. The molecule has 6 nitrogen and oxygen atoms in total. The molecule has 0 fully saturated rings. The number of aromatic nitrogens is 2. The van der Waals surface area contributed by atoms with Crippen LogP contribution < -0.4 is 5.32 Å². The summed E-state index contributed by atoms with van der Waals surface area (Å²) in [5.41, 5.74) is 1.66. The van der Waals surface area contributed by atoms with Gasteiger partial charge in [0, 0.05) is 23.6 Å². The molecule has 3 aromatic rings. The van der Waals surface area contributed by atoms with E-state index in [0.717, 1.165) is 5.56 Å². The van der Waals surface area contributed by atoms with Crippen LogP contribution in [0.2, 0.25) is 5.02 Å². The van der Waals surface area contributed by atoms with Gasteiger partial charge in [0.05, 0.1) is 6.61 Å². The number of carbonyl (C=O) groups excluding carboxylic acids is 2. The number of hydrogen-bond donors (Lipinski definition) is 1. The highest BCUT2D eigenvalue weighted by Gasteiger charge is 2.25. The first-order valence-electron chi connectivity index (χ1n) is 9.40. The standard InChI is InChI=1S/C22H22ClN3O3/c1-3-18-24-20(25-21(27)16-10-12-17(23)13-11-16)19(22(28)29-4-2)26(18)14-15-8-6-5-7-9-15/h5-13H,3-4,14H2,1-2H3,(H,25,27). The molecule has 0 atom stereocenters. The number of anilines is 1. The Morgan fingerprint density at radius 1 is 1.07 bits per heavy atom. The first-order valence-corrected chi connectivity index (χ1v) is 9.78. The Kier molecular flexibility index (Phi) is 6.67. The molecule has 0 bridgehead atoms. The lowest BCUT2D eigenvalue weighted by molar-refractivity contribution is 0.0515. The highest BCUT2D eigenvalue weighted by molar-refractivity contribution is 6.30. The van der Waals surface area contributed by atoms with E-state index in [9.17, 15) is 9.59 Å². The molecule has 29 heavy (non-hydrogen) atoms. The Morgan fingerprint density at radius 3 is 2.38 bits per heavy atom. The Hall–Kier alpha value is -3.12. The van der Waals surface area contributed by atoms with Crippen LogP contribution in [0.15, 0.2) is 54.6 Å². The zero-order chi connectivity index (χ0) is 20.8. The van der Waals surface area contributed by atoms with Crippen molar-refractivity contribution in [1.82, 2.24) is 9.55 Å². The minimum Gasteiger partial charge on any atom is -0.461 e. The number of imidazole rings is 1. The normalized spacial score (nSPS) is 10.6. The van der Waals surface area contributed by atoms with Crippen LogP contribution in [0.5, 0.6) is 0 Å². The van der Waals surface area contributed by atoms with Gasteiger partial charge in [0.1, 0.15) is 5.82 Å². The summed E-state index contributed by atoms with van der Waals surface area (Å²) in [4.78, 5) is 29.9. The van der Waals surface area contributed by atoms with Gasteiger partial charge in [0.25, 0.3) is 5.91 Å². The number of ether oxygens (including phenoxy) is 1. The van der Waals surface area contributed by atoms with E-state index in [2.05, 4.69) is 10.3 Å². The number of benzene rings is 2. The highest BCUT2D eigenvalue weighted by Crippen LogP contribution is 2.22. The van der Waals surface area contributed by atoms with Gasteiger partial charge in [-0.2, -0.15) is 0 Å². The molecule has 0 aliphatic carbocycles. The maximum atomic E-state index is 12.7. The summed E-state index contributed by atoms with van der Waals surface area (Å²) in [6.07, 6.45) is 0.593. The van der Waals surface area contributed by atoms with Crippen LogP contribution in [0.25, 0.3) is 0 Å². The number of esters is 1. The average molecular weight is 412 g/mol. The third-order valence-corrected chi connectivity index (χ3v) is 4.61. The zero-order valence-electron chi connectivity index (χ0n) is 16.3. The molecule has 7 heteroatoms. The minimum atomic E-state index is -0.526. The maximum Gasteiger partial charge on any atom is 0.358 e. The molecule has 0 saturated carbocycles. The molecule has 0 unspecified atom stereocenters. The van der Waals surface area contributed by atoms with E-state index < -0.39 is 5.97 Å². The molecule has 2 aromatic carbocycles. The van der Waals surface area contributed by atoms with Crippen LogP contribution in [0.1, 0.15) is 46.1 Å². The molecule has 0 aliphatic heterocycles. The molecule has 1 aromatic heterocycles. The molecule has 0 saturated heterocycles. The van der Waals surface area contributed by atoms with Gasteiger partial charge in [-0.15, -0.1) is 0 Å². The van der Waals surface area contributed by atoms with Crippen LogP contribution in [0.3, 0.4) is 0 Å². The van der Waals surface area contributed by atoms with E-state index in [1.54, 1.807) is 35.8 Å². The summed E-state index contributed by atoms with van der Waals surface area (Å²) < 4.78 is 7.04. The summed E-state index contributed by atoms with van der Waals surface area (Å²) in [6.45, 7) is 4.36. The third kappa shape index (κ3) is 4.84. The topological polar surface area (TPSA) is 73.2 Å². The predicted molar refractivity (Wildman–Crippen MR) is 113 cm³/mol. The average Bonchev–Trinajstić information content (AvgIpc) is 3.06. The maximum absolute atomic E-state index is 12.7. The largest absolute Gasteiger partial charge is 0.461 e. The van der Waals surface area contributed by atoms with Crippen molar-refractivity contribution in [3.05, 3.63) is 82.3 Å². The van der Waals surface area contributed by atoms with E-state index in [0.29, 0.717) is 29.4 Å². The van der Waals surface area contributed by atoms with Crippen molar-refractivity contribution in [2.24, 2.45) is 0 Å². The summed E-state index contributed by atoms with van der Waals surface area (Å²) >= 11 is 5.89. The number of aryl methyl sites for hydroxylation is 1. The molecule has 3 rings (SSSR count). The fraction of sp³-hybridized carbons (Fsp3) is 0.227. The number of nitrogens with zero attached hydrogens (tertiary/aromatic N) is 2. The monoisotopic (exact) mass is 411 g/mol. The lowest BCUT2D eigenvalue weighted by Crippen LogP contribution is -2.19. The predicted octanol–water partition coefficient (Wildman–Crippen LogP) is 4.58. The fourth-order valence-electron chi connectivity index (χ4n) is 2.98. The second-order valence-corrected chi connectivity index (χ2v) is 6.77. The van der Waals surface area contributed by atoms with E-state index in [4.69, 9.17) is 16.3 Å². The van der Waals surface area contributed by atoms with Crippen LogP contribution in [-0.4, -0.2) is 28.0 Å². The lowest BCUT2D eigenvalue weighted by atomic mass is 10.2. The van der Waals surface area contributed by atoms with Crippen molar-refractivity contribution < 1.29 is 14.3 Å². The first-order chi connectivity index (χ1) is 14.0. The van der Waals surface area contributed by atoms with Gasteiger partial charge < -0.3 is 14.6 Å². The highest BCUT2D eigenvalue weighted by atomic mass is 35.5. The molecular formula is C22H22ClN3O3. The second kappa shape index (κ2) is 9.39. The van der Waals surface area contributed by atoms with Crippen molar-refractivity contribution >= 4 is 29.3 Å². The summed E-state index contributed by atoms with van der Waals surface area (Å²) in [5, 5.41) is 3.29. The van der Waals surface area contributed by atoms with Gasteiger partial charge in [-0.25, -0.2) is 9.78 Å². The summed E-state index contributed by atoms with van der Waals surface area (Å²) in [7, 11) is 0. The SMILES string of the molecule is CCOC(=O)c1c(NC(=O)c2ccc(Cl)cc2)nc(CC)n1Cc1ccccc1. The minimum absolute atomic E-state index is 0.191. The zero-order valence-corrected chi connectivity index (χ0v) is 17.1. The van der Waals surface area contributed by atoms with Crippen LogP contribution in [0.4, 0.5) is 5.82 Å². The third-order valence-electron chi connectivity index (χ3n) is 4.35. The van der Waals surface area contributed by atoms with Crippen LogP contribution in [-0.2, 0) is 17.7 Å². The van der Waals surface area contributed by atoms with E-state index >= 15 is 0 Å². The van der Waals surface area contributed by atoms with E-state index in [-0.39, 0.29) is 24.0 Å². The lowest BCUT2D eigenvalue weighted by Gasteiger charge is -2.12. The summed E-state index contributed by atoms with van der Waals surface area (Å²) in [6, 6.07) is 16.2. The first kappa shape index (κ1) is 20.6. The Balaban J connectivity index is 2.00. The van der Waals surface area contributed by atoms with Crippen molar-refractivity contribution in [3.63, 3.8) is 0 Å². The number of amides is 1. The van der Waals surface area contributed by atoms with Crippen molar-refractivity contribution in [3.8, 4) is 0 Å². The van der Waals surface area contributed by atoms with Gasteiger partial charge in [-0.1, -0.05) is 48.9 Å². The van der Waals surface area contributed by atoms with Gasteiger partial charge in [0.15, 0.2) is 11.5 Å². The molecule has 0 aliphatic rings. The van der Waals surface area contributed by atoms with Gasteiger partial charge in [-0.05, 0) is 36.8 Å². The molecule has 1 N–H and O–H groups in total. The number of nitrogens with one attached hydrogen (secondary N) is 1. The Bertz CT molecular complexity index is 998. The second-order valence-electron chi connectivity index (χ2n) is 6.33. The number of rotatable bonds is 7. The number of hydrogen-bond acceptors (Lipinski definition) is 4. The van der Waals surface area contributed by atoms with Crippen LogP contribution >= 0.6 is 11.6 Å².